The molecule has 3 nitrogen and oxygen atoms in total. The summed E-state index contributed by atoms with van der Waals surface area (Å²) in [5, 5.41) is 0. The summed E-state index contributed by atoms with van der Waals surface area (Å²) in [5.74, 6) is 1.02. The lowest BCUT2D eigenvalue weighted by molar-refractivity contribution is -0.0153. The van der Waals surface area contributed by atoms with Gasteiger partial charge in [0.15, 0.2) is 0 Å². The van der Waals surface area contributed by atoms with Crippen molar-refractivity contribution in [2.75, 3.05) is 6.61 Å². The molecule has 96 valence electrons. The highest BCUT2D eigenvalue weighted by molar-refractivity contribution is 5.60. The molecule has 0 saturated heterocycles. The van der Waals surface area contributed by atoms with Gasteiger partial charge in [0, 0.05) is 0 Å². The molecule has 0 N–H and O–H groups in total. The molecule has 0 amide bonds. The number of rotatable bonds is 6. The summed E-state index contributed by atoms with van der Waals surface area (Å²) < 4.78 is 10.4. The third-order valence-electron chi connectivity index (χ3n) is 2.73. The van der Waals surface area contributed by atoms with Crippen molar-refractivity contribution in [3.05, 3.63) is 0 Å². The summed E-state index contributed by atoms with van der Waals surface area (Å²) in [6, 6.07) is 0. The molecule has 0 rings (SSSR count). The second-order valence-corrected chi connectivity index (χ2v) is 5.14. The van der Waals surface area contributed by atoms with E-state index in [-0.39, 0.29) is 6.10 Å². The Hall–Kier alpha value is -0.730. The van der Waals surface area contributed by atoms with Crippen LogP contribution in [0.15, 0.2) is 0 Å². The maximum absolute atomic E-state index is 11.4. The molecule has 0 aromatic rings. The van der Waals surface area contributed by atoms with Crippen molar-refractivity contribution >= 4 is 6.16 Å². The van der Waals surface area contributed by atoms with Crippen LogP contribution in [0.1, 0.15) is 48.0 Å². The number of ether oxygens (including phenoxy) is 2. The number of carbonyl (C=O) groups is 1. The second-order valence-electron chi connectivity index (χ2n) is 5.14. The Bertz CT molecular complexity index is 191. The SMILES string of the molecule is CCC(C)COC(=O)OC(C(C)C)C(C)C. The van der Waals surface area contributed by atoms with Crippen LogP contribution >= 0.6 is 0 Å². The summed E-state index contributed by atoms with van der Waals surface area (Å²) in [5.41, 5.74) is 0. The van der Waals surface area contributed by atoms with E-state index in [0.29, 0.717) is 24.4 Å². The van der Waals surface area contributed by atoms with E-state index in [9.17, 15) is 4.79 Å². The molecule has 3 heteroatoms. The molecular formula is C13H26O3. The lowest BCUT2D eigenvalue weighted by Gasteiger charge is -2.24. The van der Waals surface area contributed by atoms with E-state index in [1.165, 1.54) is 0 Å². The van der Waals surface area contributed by atoms with Crippen LogP contribution in [0, 0.1) is 17.8 Å². The van der Waals surface area contributed by atoms with E-state index >= 15 is 0 Å². The Morgan fingerprint density at radius 3 is 1.94 bits per heavy atom. The van der Waals surface area contributed by atoms with Crippen LogP contribution < -0.4 is 0 Å². The fourth-order valence-electron chi connectivity index (χ4n) is 1.52. The van der Waals surface area contributed by atoms with E-state index in [4.69, 9.17) is 9.47 Å². The molecule has 0 bridgehead atoms. The van der Waals surface area contributed by atoms with Crippen molar-refractivity contribution in [1.29, 1.82) is 0 Å². The van der Waals surface area contributed by atoms with Crippen molar-refractivity contribution < 1.29 is 14.3 Å². The monoisotopic (exact) mass is 230 g/mol. The molecule has 0 aliphatic heterocycles. The Labute approximate surface area is 99.5 Å². The first-order valence-electron chi connectivity index (χ1n) is 6.21. The molecule has 0 aromatic carbocycles. The molecule has 1 atom stereocenters. The van der Waals surface area contributed by atoms with Gasteiger partial charge in [0.25, 0.3) is 0 Å². The maximum atomic E-state index is 11.4. The molecular weight excluding hydrogens is 204 g/mol. The lowest BCUT2D eigenvalue weighted by Crippen LogP contribution is -2.29. The summed E-state index contributed by atoms with van der Waals surface area (Å²) in [7, 11) is 0. The Balaban J connectivity index is 4.01. The van der Waals surface area contributed by atoms with Crippen molar-refractivity contribution in [2.24, 2.45) is 17.8 Å². The van der Waals surface area contributed by atoms with Crippen LogP contribution in [-0.2, 0) is 9.47 Å². The van der Waals surface area contributed by atoms with Crippen LogP contribution in [-0.4, -0.2) is 18.9 Å². The standard InChI is InChI=1S/C13H26O3/c1-7-11(6)8-15-13(14)16-12(9(2)3)10(4)5/h9-12H,7-8H2,1-6H3. The van der Waals surface area contributed by atoms with Crippen molar-refractivity contribution in [3.8, 4) is 0 Å². The average Bonchev–Trinajstić information content (AvgIpc) is 2.21. The fraction of sp³-hybridized carbons (Fsp3) is 0.923. The number of hydrogen-bond donors (Lipinski definition) is 0. The summed E-state index contributed by atoms with van der Waals surface area (Å²) >= 11 is 0. The lowest BCUT2D eigenvalue weighted by atomic mass is 9.96. The molecule has 0 aromatic heterocycles. The first-order valence-corrected chi connectivity index (χ1v) is 6.21. The molecule has 0 aliphatic carbocycles. The number of carbonyl (C=O) groups excluding carboxylic acids is 1. The summed E-state index contributed by atoms with van der Waals surface area (Å²) in [6.45, 7) is 12.8. The van der Waals surface area contributed by atoms with Crippen molar-refractivity contribution in [1.82, 2.24) is 0 Å². The highest BCUT2D eigenvalue weighted by Crippen LogP contribution is 2.17. The van der Waals surface area contributed by atoms with Gasteiger partial charge in [0.1, 0.15) is 6.10 Å². The third-order valence-corrected chi connectivity index (χ3v) is 2.73. The highest BCUT2D eigenvalue weighted by Gasteiger charge is 2.22. The van der Waals surface area contributed by atoms with Crippen LogP contribution in [0.4, 0.5) is 4.79 Å². The molecule has 0 aliphatic rings. The van der Waals surface area contributed by atoms with Crippen LogP contribution in [0.25, 0.3) is 0 Å². The summed E-state index contributed by atoms with van der Waals surface area (Å²) in [4.78, 5) is 11.4. The van der Waals surface area contributed by atoms with Gasteiger partial charge in [-0.15, -0.1) is 0 Å². The normalized spacial score (nSPS) is 13.3. The predicted molar refractivity (Wildman–Crippen MR) is 65.4 cm³/mol. The molecule has 0 heterocycles. The predicted octanol–water partition coefficient (Wildman–Crippen LogP) is 3.87. The first kappa shape index (κ1) is 15.3. The molecule has 0 radical (unpaired) electrons. The van der Waals surface area contributed by atoms with Crippen LogP contribution in [0.5, 0.6) is 0 Å². The van der Waals surface area contributed by atoms with Crippen LogP contribution in [0.2, 0.25) is 0 Å². The maximum Gasteiger partial charge on any atom is 0.508 e. The molecule has 0 spiro atoms. The van der Waals surface area contributed by atoms with Gasteiger partial charge in [-0.2, -0.15) is 0 Å². The van der Waals surface area contributed by atoms with E-state index in [1.807, 2.05) is 27.7 Å². The quantitative estimate of drug-likeness (QED) is 0.650. The topological polar surface area (TPSA) is 35.5 Å². The van der Waals surface area contributed by atoms with E-state index in [0.717, 1.165) is 6.42 Å². The number of hydrogen-bond acceptors (Lipinski definition) is 3. The largest absolute Gasteiger partial charge is 0.508 e. The first-order chi connectivity index (χ1) is 7.38. The van der Waals surface area contributed by atoms with Gasteiger partial charge in [-0.25, -0.2) is 4.79 Å². The van der Waals surface area contributed by atoms with Gasteiger partial charge >= 0.3 is 6.16 Å². The Kier molecular flexibility index (Phi) is 7.18. The Morgan fingerprint density at radius 1 is 1.06 bits per heavy atom. The van der Waals surface area contributed by atoms with Crippen molar-refractivity contribution in [3.63, 3.8) is 0 Å². The fourth-order valence-corrected chi connectivity index (χ4v) is 1.52. The minimum absolute atomic E-state index is 0.0653. The van der Waals surface area contributed by atoms with E-state index in [2.05, 4.69) is 13.8 Å². The minimum Gasteiger partial charge on any atom is -0.434 e. The molecule has 0 fully saturated rings. The van der Waals surface area contributed by atoms with Gasteiger partial charge in [-0.1, -0.05) is 48.0 Å². The van der Waals surface area contributed by atoms with E-state index in [1.54, 1.807) is 0 Å². The zero-order chi connectivity index (χ0) is 12.7. The van der Waals surface area contributed by atoms with Gasteiger partial charge in [-0.3, -0.25) is 0 Å². The van der Waals surface area contributed by atoms with Gasteiger partial charge in [-0.05, 0) is 17.8 Å². The molecule has 0 saturated carbocycles. The zero-order valence-corrected chi connectivity index (χ0v) is 11.4. The second kappa shape index (κ2) is 7.53. The minimum atomic E-state index is -0.535. The van der Waals surface area contributed by atoms with Crippen molar-refractivity contribution in [2.45, 2.75) is 54.1 Å². The Morgan fingerprint density at radius 2 is 1.56 bits per heavy atom. The van der Waals surface area contributed by atoms with Gasteiger partial charge < -0.3 is 9.47 Å². The molecule has 1 unspecified atom stereocenters. The van der Waals surface area contributed by atoms with E-state index < -0.39 is 6.16 Å². The van der Waals surface area contributed by atoms with Gasteiger partial charge in [0.05, 0.1) is 6.61 Å². The highest BCUT2D eigenvalue weighted by atomic mass is 16.7. The smallest absolute Gasteiger partial charge is 0.434 e. The molecule has 16 heavy (non-hydrogen) atoms. The van der Waals surface area contributed by atoms with Gasteiger partial charge in [0.2, 0.25) is 0 Å². The zero-order valence-electron chi connectivity index (χ0n) is 11.4. The summed E-state index contributed by atoms with van der Waals surface area (Å²) in [6.07, 6.45) is 0.405. The van der Waals surface area contributed by atoms with Crippen LogP contribution in [0.3, 0.4) is 0 Å². The third kappa shape index (κ3) is 5.99. The average molecular weight is 230 g/mol.